The van der Waals surface area contributed by atoms with Crippen LogP contribution >= 0.6 is 24.2 Å². The van der Waals surface area contributed by atoms with Crippen LogP contribution in [0.5, 0.6) is 0 Å². The molecule has 0 saturated carbocycles. The van der Waals surface area contributed by atoms with Crippen molar-refractivity contribution in [1.29, 1.82) is 0 Å². The molecule has 1 atom stereocenters. The summed E-state index contributed by atoms with van der Waals surface area (Å²) in [4.78, 5) is 11.9. The minimum Gasteiger partial charge on any atom is -0.355 e. The van der Waals surface area contributed by atoms with E-state index in [0.717, 1.165) is 24.6 Å². The minimum atomic E-state index is -3.22. The van der Waals surface area contributed by atoms with Gasteiger partial charge < -0.3 is 10.6 Å². The summed E-state index contributed by atoms with van der Waals surface area (Å²) in [5.41, 5.74) is 0. The molecule has 2 fully saturated rings. The van der Waals surface area contributed by atoms with Gasteiger partial charge in [0.15, 0.2) is 0 Å². The number of sulfonamides is 1. The predicted molar refractivity (Wildman–Crippen MR) is 88.5 cm³/mol. The molecule has 0 aromatic heterocycles. The van der Waals surface area contributed by atoms with Crippen LogP contribution in [0.2, 0.25) is 0 Å². The molecular weight excluding hydrogens is 334 g/mol. The zero-order valence-electron chi connectivity index (χ0n) is 12.2. The minimum absolute atomic E-state index is 0. The highest BCUT2D eigenvalue weighted by Crippen LogP contribution is 2.16. The van der Waals surface area contributed by atoms with Gasteiger partial charge in [-0.05, 0) is 19.0 Å². The molecule has 2 aliphatic heterocycles. The van der Waals surface area contributed by atoms with Crippen molar-refractivity contribution < 1.29 is 13.2 Å². The molecule has 124 valence electrons. The summed E-state index contributed by atoms with van der Waals surface area (Å²) in [7, 11) is -3.22. The van der Waals surface area contributed by atoms with Crippen molar-refractivity contribution in [2.75, 3.05) is 50.0 Å². The molecule has 0 bridgehead atoms. The maximum absolute atomic E-state index is 12.1. The maximum Gasteiger partial charge on any atom is 0.223 e. The van der Waals surface area contributed by atoms with Crippen molar-refractivity contribution in [3.8, 4) is 0 Å². The lowest BCUT2D eigenvalue weighted by Gasteiger charge is -2.31. The van der Waals surface area contributed by atoms with Crippen molar-refractivity contribution in [1.82, 2.24) is 14.9 Å². The van der Waals surface area contributed by atoms with E-state index in [1.807, 2.05) is 6.92 Å². The number of thioether (sulfide) groups is 1. The molecule has 0 spiro atoms. The van der Waals surface area contributed by atoms with Crippen LogP contribution < -0.4 is 10.6 Å². The fraction of sp³-hybridized carbons (Fsp3) is 0.917. The summed E-state index contributed by atoms with van der Waals surface area (Å²) in [5, 5.41) is 5.88. The van der Waals surface area contributed by atoms with Crippen molar-refractivity contribution in [2.24, 2.45) is 11.8 Å². The Morgan fingerprint density at radius 3 is 2.52 bits per heavy atom. The molecule has 0 aromatic carbocycles. The Balaban J connectivity index is 0.00000220. The highest BCUT2D eigenvalue weighted by molar-refractivity contribution is 7.99. The second-order valence-electron chi connectivity index (χ2n) is 5.33. The molecule has 6 nitrogen and oxygen atoms in total. The predicted octanol–water partition coefficient (Wildman–Crippen LogP) is -0.241. The third-order valence-corrected chi connectivity index (χ3v) is 6.77. The van der Waals surface area contributed by atoms with E-state index < -0.39 is 10.0 Å². The van der Waals surface area contributed by atoms with Crippen LogP contribution in [0.25, 0.3) is 0 Å². The molecular formula is C12H24ClN3O3S2. The maximum atomic E-state index is 12.1. The first-order valence-electron chi connectivity index (χ1n) is 7.05. The Kier molecular flexibility index (Phi) is 7.77. The van der Waals surface area contributed by atoms with E-state index in [2.05, 4.69) is 10.6 Å². The second kappa shape index (κ2) is 8.57. The number of carbonyl (C=O) groups excluding carboxylic acids is 1. The van der Waals surface area contributed by atoms with E-state index in [1.165, 1.54) is 4.31 Å². The van der Waals surface area contributed by atoms with Gasteiger partial charge in [0.1, 0.15) is 0 Å². The molecule has 2 N–H and O–H groups in total. The number of hydrogen-bond donors (Lipinski definition) is 2. The van der Waals surface area contributed by atoms with Gasteiger partial charge in [-0.1, -0.05) is 6.92 Å². The SMILES string of the molecule is CC(C(=O)NCCS(=O)(=O)N1CCSCC1)C1CNC1.Cl. The molecule has 2 rings (SSSR count). The van der Waals surface area contributed by atoms with Crippen LogP contribution in [-0.4, -0.2) is 68.6 Å². The number of nitrogens with zero attached hydrogens (tertiary/aromatic N) is 1. The van der Waals surface area contributed by atoms with E-state index in [4.69, 9.17) is 0 Å². The molecule has 0 aliphatic carbocycles. The second-order valence-corrected chi connectivity index (χ2v) is 8.64. The van der Waals surface area contributed by atoms with Gasteiger partial charge in [-0.2, -0.15) is 11.8 Å². The topological polar surface area (TPSA) is 78.5 Å². The van der Waals surface area contributed by atoms with Crippen LogP contribution in [0.3, 0.4) is 0 Å². The Morgan fingerprint density at radius 1 is 1.38 bits per heavy atom. The first-order valence-corrected chi connectivity index (χ1v) is 9.81. The van der Waals surface area contributed by atoms with Crippen LogP contribution in [0, 0.1) is 11.8 Å². The van der Waals surface area contributed by atoms with Gasteiger partial charge in [-0.15, -0.1) is 12.4 Å². The highest BCUT2D eigenvalue weighted by Gasteiger charge is 2.29. The van der Waals surface area contributed by atoms with Crippen LogP contribution in [-0.2, 0) is 14.8 Å². The fourth-order valence-corrected chi connectivity index (χ4v) is 4.79. The molecule has 21 heavy (non-hydrogen) atoms. The smallest absolute Gasteiger partial charge is 0.223 e. The quantitative estimate of drug-likeness (QED) is 0.686. The zero-order chi connectivity index (χ0) is 14.6. The standard InChI is InChI=1S/C12H23N3O3S2.ClH/c1-10(11-8-13-9-11)12(16)14-2-7-20(17,18)15-3-5-19-6-4-15;/h10-11,13H,2-9H2,1H3,(H,14,16);1H. The highest BCUT2D eigenvalue weighted by atomic mass is 35.5. The van der Waals surface area contributed by atoms with E-state index >= 15 is 0 Å². The molecule has 0 radical (unpaired) electrons. The Labute approximate surface area is 137 Å². The van der Waals surface area contributed by atoms with Crippen molar-refractivity contribution >= 4 is 40.1 Å². The Morgan fingerprint density at radius 2 is 2.00 bits per heavy atom. The van der Waals surface area contributed by atoms with Gasteiger partial charge in [0, 0.05) is 37.1 Å². The van der Waals surface area contributed by atoms with Gasteiger partial charge in [-0.3, -0.25) is 4.79 Å². The molecule has 2 saturated heterocycles. The molecule has 0 aromatic rings. The summed E-state index contributed by atoms with van der Waals surface area (Å²) >= 11 is 1.78. The van der Waals surface area contributed by atoms with E-state index in [1.54, 1.807) is 11.8 Å². The van der Waals surface area contributed by atoms with Crippen LogP contribution in [0.4, 0.5) is 0 Å². The average molecular weight is 358 g/mol. The zero-order valence-corrected chi connectivity index (χ0v) is 14.7. The summed E-state index contributed by atoms with van der Waals surface area (Å²) in [6, 6.07) is 0. The Bertz CT molecular complexity index is 437. The molecule has 1 amide bonds. The number of hydrogen-bond acceptors (Lipinski definition) is 5. The van der Waals surface area contributed by atoms with Crippen molar-refractivity contribution in [3.63, 3.8) is 0 Å². The largest absolute Gasteiger partial charge is 0.355 e. The molecule has 9 heteroatoms. The number of carbonyl (C=O) groups is 1. The summed E-state index contributed by atoms with van der Waals surface area (Å²) < 4.78 is 25.7. The molecule has 2 aliphatic rings. The number of rotatable bonds is 6. The van der Waals surface area contributed by atoms with Gasteiger partial charge >= 0.3 is 0 Å². The summed E-state index contributed by atoms with van der Waals surface area (Å²) in [6.07, 6.45) is 0. The van der Waals surface area contributed by atoms with Crippen molar-refractivity contribution in [2.45, 2.75) is 6.92 Å². The lowest BCUT2D eigenvalue weighted by molar-refractivity contribution is -0.126. The van der Waals surface area contributed by atoms with E-state index in [0.29, 0.717) is 19.0 Å². The molecule has 1 unspecified atom stereocenters. The Hall–Kier alpha value is -0.0200. The third kappa shape index (κ3) is 5.28. The lowest BCUT2D eigenvalue weighted by atomic mass is 9.88. The monoisotopic (exact) mass is 357 g/mol. The first kappa shape index (κ1) is 19.0. The van der Waals surface area contributed by atoms with Crippen LogP contribution in [0.15, 0.2) is 0 Å². The van der Waals surface area contributed by atoms with Crippen molar-refractivity contribution in [3.05, 3.63) is 0 Å². The normalized spacial score (nSPS) is 22.0. The van der Waals surface area contributed by atoms with Gasteiger partial charge in [0.25, 0.3) is 0 Å². The number of amides is 1. The van der Waals surface area contributed by atoms with E-state index in [9.17, 15) is 13.2 Å². The third-order valence-electron chi connectivity index (χ3n) is 3.96. The van der Waals surface area contributed by atoms with Gasteiger partial charge in [0.05, 0.1) is 5.75 Å². The number of halogens is 1. The average Bonchev–Trinajstić information content (AvgIpc) is 2.37. The summed E-state index contributed by atoms with van der Waals surface area (Å²) in [6.45, 7) is 5.03. The summed E-state index contributed by atoms with van der Waals surface area (Å²) in [5.74, 6) is 2.00. The number of nitrogens with one attached hydrogen (secondary N) is 2. The van der Waals surface area contributed by atoms with Crippen LogP contribution in [0.1, 0.15) is 6.92 Å². The van der Waals surface area contributed by atoms with E-state index in [-0.39, 0.29) is 36.5 Å². The fourth-order valence-electron chi connectivity index (χ4n) is 2.30. The lowest BCUT2D eigenvalue weighted by Crippen LogP contribution is -2.50. The van der Waals surface area contributed by atoms with Gasteiger partial charge in [0.2, 0.25) is 15.9 Å². The first-order chi connectivity index (χ1) is 9.50. The van der Waals surface area contributed by atoms with Gasteiger partial charge in [-0.25, -0.2) is 12.7 Å². The molecule has 2 heterocycles.